The maximum absolute atomic E-state index is 12.2. The van der Waals surface area contributed by atoms with Gasteiger partial charge in [-0.25, -0.2) is 0 Å². The number of piperidine rings is 1. The molecule has 2 rings (SSSR count). The van der Waals surface area contributed by atoms with Crippen LogP contribution >= 0.6 is 0 Å². The number of hydrogen-bond acceptors (Lipinski definition) is 4. The molecule has 1 atom stereocenters. The fourth-order valence-electron chi connectivity index (χ4n) is 2.87. The Morgan fingerprint density at radius 2 is 1.75 bits per heavy atom. The highest BCUT2D eigenvalue weighted by molar-refractivity contribution is 5.81. The zero-order valence-electron chi connectivity index (χ0n) is 13.1. The average Bonchev–Trinajstić information content (AvgIpc) is 2.90. The smallest absolute Gasteiger partial charge is 0.237 e. The van der Waals surface area contributed by atoms with Gasteiger partial charge in [-0.15, -0.1) is 0 Å². The van der Waals surface area contributed by atoms with Gasteiger partial charge in [0.1, 0.15) is 0 Å². The molecule has 0 aromatic carbocycles. The highest BCUT2D eigenvalue weighted by atomic mass is 16.7. The zero-order valence-corrected chi connectivity index (χ0v) is 13.1. The molecule has 2 aliphatic rings. The minimum atomic E-state index is -0.171. The molecule has 0 radical (unpaired) electrons. The van der Waals surface area contributed by atoms with Crippen molar-refractivity contribution in [2.24, 2.45) is 5.92 Å². The first-order valence-corrected chi connectivity index (χ1v) is 7.66. The first-order chi connectivity index (χ1) is 9.37. The largest absolute Gasteiger partial charge is 0.350 e. The Bertz CT molecular complexity index is 327. The molecular formula is C15H28N2O3. The molecule has 0 spiro atoms. The van der Waals surface area contributed by atoms with E-state index in [2.05, 4.69) is 10.2 Å². The predicted molar refractivity (Wildman–Crippen MR) is 77.3 cm³/mol. The normalized spacial score (nSPS) is 24.8. The zero-order chi connectivity index (χ0) is 14.8. The van der Waals surface area contributed by atoms with Crippen LogP contribution in [0.15, 0.2) is 0 Å². The SMILES string of the molecule is CC(C(=O)NC(C)(C)C)N1CCC(C2OCCO2)CC1. The summed E-state index contributed by atoms with van der Waals surface area (Å²) in [6, 6.07) is -0.0689. The Morgan fingerprint density at radius 3 is 2.25 bits per heavy atom. The van der Waals surface area contributed by atoms with Crippen molar-refractivity contribution in [3.8, 4) is 0 Å². The van der Waals surface area contributed by atoms with Crippen LogP contribution in [0.4, 0.5) is 0 Å². The molecule has 0 aromatic rings. The number of ether oxygens (including phenoxy) is 2. The van der Waals surface area contributed by atoms with Gasteiger partial charge < -0.3 is 14.8 Å². The molecule has 2 saturated heterocycles. The van der Waals surface area contributed by atoms with Crippen LogP contribution in [-0.4, -0.2) is 55.0 Å². The van der Waals surface area contributed by atoms with Gasteiger partial charge in [-0.2, -0.15) is 0 Å². The molecule has 1 N–H and O–H groups in total. The van der Waals surface area contributed by atoms with E-state index in [1.165, 1.54) is 0 Å². The quantitative estimate of drug-likeness (QED) is 0.850. The van der Waals surface area contributed by atoms with E-state index in [0.29, 0.717) is 5.92 Å². The fraction of sp³-hybridized carbons (Fsp3) is 0.933. The fourth-order valence-corrected chi connectivity index (χ4v) is 2.87. The lowest BCUT2D eigenvalue weighted by atomic mass is 9.95. The predicted octanol–water partition coefficient (Wildman–Crippen LogP) is 1.37. The molecule has 1 unspecified atom stereocenters. The van der Waals surface area contributed by atoms with E-state index < -0.39 is 0 Å². The summed E-state index contributed by atoms with van der Waals surface area (Å²) in [6.07, 6.45) is 2.06. The van der Waals surface area contributed by atoms with E-state index >= 15 is 0 Å². The molecule has 2 heterocycles. The highest BCUT2D eigenvalue weighted by Gasteiger charge is 2.33. The Hall–Kier alpha value is -0.650. The van der Waals surface area contributed by atoms with Gasteiger partial charge in [0, 0.05) is 11.5 Å². The van der Waals surface area contributed by atoms with E-state index in [0.717, 1.165) is 39.1 Å². The third-order valence-electron chi connectivity index (χ3n) is 4.03. The summed E-state index contributed by atoms with van der Waals surface area (Å²) in [5.74, 6) is 0.593. The van der Waals surface area contributed by atoms with Crippen LogP contribution in [-0.2, 0) is 14.3 Å². The van der Waals surface area contributed by atoms with Crippen molar-refractivity contribution in [3.05, 3.63) is 0 Å². The highest BCUT2D eigenvalue weighted by Crippen LogP contribution is 2.26. The Kier molecular flexibility index (Phi) is 5.04. The third-order valence-corrected chi connectivity index (χ3v) is 4.03. The monoisotopic (exact) mass is 284 g/mol. The standard InChI is InChI=1S/C15H28N2O3/c1-11(13(18)16-15(2,3)4)17-7-5-12(6-8-17)14-19-9-10-20-14/h11-12,14H,5-10H2,1-4H3,(H,16,18). The van der Waals surface area contributed by atoms with Crippen molar-refractivity contribution in [1.29, 1.82) is 0 Å². The van der Waals surface area contributed by atoms with Crippen LogP contribution in [0.25, 0.3) is 0 Å². The minimum absolute atomic E-state index is 0.0177. The summed E-state index contributed by atoms with van der Waals surface area (Å²) in [7, 11) is 0. The second kappa shape index (κ2) is 6.41. The van der Waals surface area contributed by atoms with Crippen LogP contribution < -0.4 is 5.32 Å². The lowest BCUT2D eigenvalue weighted by Crippen LogP contribution is -2.53. The van der Waals surface area contributed by atoms with Gasteiger partial charge in [0.2, 0.25) is 5.91 Å². The molecule has 20 heavy (non-hydrogen) atoms. The molecule has 5 nitrogen and oxygen atoms in total. The van der Waals surface area contributed by atoms with E-state index in [9.17, 15) is 4.79 Å². The van der Waals surface area contributed by atoms with Crippen LogP contribution in [0, 0.1) is 5.92 Å². The van der Waals surface area contributed by atoms with Crippen molar-refractivity contribution in [2.45, 2.75) is 58.4 Å². The van der Waals surface area contributed by atoms with E-state index in [1.807, 2.05) is 27.7 Å². The Balaban J connectivity index is 1.79. The van der Waals surface area contributed by atoms with Crippen molar-refractivity contribution in [2.75, 3.05) is 26.3 Å². The molecule has 2 aliphatic heterocycles. The van der Waals surface area contributed by atoms with E-state index in [4.69, 9.17) is 9.47 Å². The van der Waals surface area contributed by atoms with Gasteiger partial charge in [-0.05, 0) is 53.6 Å². The molecule has 0 bridgehead atoms. The second-order valence-corrected chi connectivity index (χ2v) is 6.90. The first kappa shape index (κ1) is 15.7. The summed E-state index contributed by atoms with van der Waals surface area (Å²) in [5, 5.41) is 3.05. The lowest BCUT2D eigenvalue weighted by Gasteiger charge is -2.37. The van der Waals surface area contributed by atoms with Crippen LogP contribution in [0.5, 0.6) is 0 Å². The average molecular weight is 284 g/mol. The maximum atomic E-state index is 12.2. The second-order valence-electron chi connectivity index (χ2n) is 6.90. The van der Waals surface area contributed by atoms with Gasteiger partial charge in [-0.1, -0.05) is 0 Å². The number of nitrogens with one attached hydrogen (secondary N) is 1. The van der Waals surface area contributed by atoms with Crippen molar-refractivity contribution in [3.63, 3.8) is 0 Å². The van der Waals surface area contributed by atoms with Gasteiger partial charge in [0.15, 0.2) is 6.29 Å². The first-order valence-electron chi connectivity index (χ1n) is 7.66. The third kappa shape index (κ3) is 4.17. The molecule has 0 aromatic heterocycles. The number of nitrogens with zero attached hydrogens (tertiary/aromatic N) is 1. The maximum Gasteiger partial charge on any atom is 0.237 e. The summed E-state index contributed by atoms with van der Waals surface area (Å²) in [4.78, 5) is 14.4. The number of amides is 1. The van der Waals surface area contributed by atoms with Gasteiger partial charge >= 0.3 is 0 Å². The summed E-state index contributed by atoms with van der Waals surface area (Å²) >= 11 is 0. The van der Waals surface area contributed by atoms with E-state index in [1.54, 1.807) is 0 Å². The number of carbonyl (C=O) groups is 1. The van der Waals surface area contributed by atoms with E-state index in [-0.39, 0.29) is 23.8 Å². The molecule has 116 valence electrons. The number of carbonyl (C=O) groups excluding carboxylic acids is 1. The van der Waals surface area contributed by atoms with Crippen LogP contribution in [0.3, 0.4) is 0 Å². The molecule has 5 heteroatoms. The Morgan fingerprint density at radius 1 is 1.20 bits per heavy atom. The van der Waals surface area contributed by atoms with Crippen LogP contribution in [0.2, 0.25) is 0 Å². The topological polar surface area (TPSA) is 50.8 Å². The van der Waals surface area contributed by atoms with Crippen molar-refractivity contribution in [1.82, 2.24) is 10.2 Å². The summed E-state index contributed by atoms with van der Waals surface area (Å²) in [6.45, 7) is 11.3. The summed E-state index contributed by atoms with van der Waals surface area (Å²) < 4.78 is 11.2. The lowest BCUT2D eigenvalue weighted by molar-refractivity contribution is -0.129. The van der Waals surface area contributed by atoms with Gasteiger partial charge in [-0.3, -0.25) is 9.69 Å². The molecule has 0 aliphatic carbocycles. The van der Waals surface area contributed by atoms with Crippen molar-refractivity contribution >= 4 is 5.91 Å². The van der Waals surface area contributed by atoms with Gasteiger partial charge in [0.25, 0.3) is 0 Å². The van der Waals surface area contributed by atoms with Crippen molar-refractivity contribution < 1.29 is 14.3 Å². The summed E-state index contributed by atoms with van der Waals surface area (Å²) in [5.41, 5.74) is -0.171. The molecule has 0 saturated carbocycles. The number of rotatable bonds is 3. The van der Waals surface area contributed by atoms with Gasteiger partial charge in [0.05, 0.1) is 19.3 Å². The molecular weight excluding hydrogens is 256 g/mol. The Labute approximate surface area is 122 Å². The number of hydrogen-bond donors (Lipinski definition) is 1. The molecule has 1 amide bonds. The van der Waals surface area contributed by atoms with Crippen LogP contribution in [0.1, 0.15) is 40.5 Å². The molecule has 2 fully saturated rings. The number of likely N-dealkylation sites (tertiary alicyclic amines) is 1. The minimum Gasteiger partial charge on any atom is -0.350 e.